The third-order valence-corrected chi connectivity index (χ3v) is 6.52. The Morgan fingerprint density at radius 3 is 2.85 bits per heavy atom. The molecule has 106 valence electrons. The van der Waals surface area contributed by atoms with Crippen molar-refractivity contribution in [3.05, 3.63) is 45.6 Å². The van der Waals surface area contributed by atoms with E-state index in [1.165, 1.54) is 4.88 Å². The first kappa shape index (κ1) is 13.6. The van der Waals surface area contributed by atoms with Gasteiger partial charge in [-0.3, -0.25) is 0 Å². The first-order valence-corrected chi connectivity index (χ1v) is 8.72. The lowest BCUT2D eigenvalue weighted by Crippen LogP contribution is -2.35. The van der Waals surface area contributed by atoms with E-state index in [1.54, 1.807) is 33.8 Å². The van der Waals surface area contributed by atoms with E-state index in [2.05, 4.69) is 0 Å². The number of nitrogens with zero attached hydrogens (tertiary/aromatic N) is 1. The summed E-state index contributed by atoms with van der Waals surface area (Å²) in [7, 11) is -3.44. The Balaban J connectivity index is 1.95. The van der Waals surface area contributed by atoms with Gasteiger partial charge in [-0.05, 0) is 54.1 Å². The largest absolute Gasteiger partial charge is 0.399 e. The van der Waals surface area contributed by atoms with Gasteiger partial charge in [0.2, 0.25) is 10.0 Å². The van der Waals surface area contributed by atoms with Gasteiger partial charge in [0.05, 0.1) is 4.90 Å². The number of hydrogen-bond donors (Lipinski definition) is 1. The summed E-state index contributed by atoms with van der Waals surface area (Å²) < 4.78 is 26.9. The van der Waals surface area contributed by atoms with Gasteiger partial charge >= 0.3 is 0 Å². The maximum absolute atomic E-state index is 12.7. The van der Waals surface area contributed by atoms with Crippen molar-refractivity contribution in [1.82, 2.24) is 4.31 Å². The molecule has 0 saturated carbocycles. The summed E-state index contributed by atoms with van der Waals surface area (Å²) in [4.78, 5) is 1.62. The standard InChI is InChI=1S/C14H16N2O2S2/c1-10-8-12(2-3-13(10)15)20(17,18)16-6-4-14-11(9-16)5-7-19-14/h2-3,5,7-8H,4,6,9,15H2,1H3. The fourth-order valence-corrected chi connectivity index (χ4v) is 4.78. The summed E-state index contributed by atoms with van der Waals surface area (Å²) in [6.45, 7) is 2.82. The molecule has 0 fully saturated rings. The molecular weight excluding hydrogens is 292 g/mol. The van der Waals surface area contributed by atoms with Crippen LogP contribution >= 0.6 is 11.3 Å². The number of thiophene rings is 1. The molecule has 3 rings (SSSR count). The molecule has 0 radical (unpaired) electrons. The van der Waals surface area contributed by atoms with E-state index < -0.39 is 10.0 Å². The number of anilines is 1. The Morgan fingerprint density at radius 2 is 2.10 bits per heavy atom. The Labute approximate surface area is 122 Å². The Kier molecular flexibility index (Phi) is 3.32. The third kappa shape index (κ3) is 2.24. The lowest BCUT2D eigenvalue weighted by atomic mass is 10.1. The highest BCUT2D eigenvalue weighted by molar-refractivity contribution is 7.89. The number of nitrogens with two attached hydrogens (primary N) is 1. The number of hydrogen-bond acceptors (Lipinski definition) is 4. The molecule has 0 unspecified atom stereocenters. The Morgan fingerprint density at radius 1 is 1.30 bits per heavy atom. The van der Waals surface area contributed by atoms with Crippen molar-refractivity contribution in [2.24, 2.45) is 0 Å². The van der Waals surface area contributed by atoms with E-state index in [4.69, 9.17) is 5.73 Å². The molecule has 0 amide bonds. The van der Waals surface area contributed by atoms with E-state index in [-0.39, 0.29) is 0 Å². The van der Waals surface area contributed by atoms with Crippen LogP contribution in [-0.2, 0) is 23.0 Å². The predicted molar refractivity (Wildman–Crippen MR) is 81.2 cm³/mol. The van der Waals surface area contributed by atoms with Crippen LogP contribution in [0.3, 0.4) is 0 Å². The van der Waals surface area contributed by atoms with Gasteiger partial charge in [-0.2, -0.15) is 4.31 Å². The van der Waals surface area contributed by atoms with Crippen LogP contribution < -0.4 is 5.73 Å². The van der Waals surface area contributed by atoms with Gasteiger partial charge in [-0.25, -0.2) is 8.42 Å². The zero-order chi connectivity index (χ0) is 14.3. The van der Waals surface area contributed by atoms with E-state index in [9.17, 15) is 8.42 Å². The average molecular weight is 308 g/mol. The minimum absolute atomic E-state index is 0.322. The van der Waals surface area contributed by atoms with Crippen LogP contribution in [-0.4, -0.2) is 19.3 Å². The monoisotopic (exact) mass is 308 g/mol. The molecule has 0 saturated heterocycles. The lowest BCUT2D eigenvalue weighted by molar-refractivity contribution is 0.394. The van der Waals surface area contributed by atoms with Crippen LogP contribution in [0.15, 0.2) is 34.5 Å². The van der Waals surface area contributed by atoms with Crippen molar-refractivity contribution in [2.45, 2.75) is 24.8 Å². The van der Waals surface area contributed by atoms with Gasteiger partial charge in [0.1, 0.15) is 0 Å². The first-order valence-electron chi connectivity index (χ1n) is 6.40. The molecule has 0 spiro atoms. The minimum Gasteiger partial charge on any atom is -0.399 e. The van der Waals surface area contributed by atoms with E-state index in [1.807, 2.05) is 18.4 Å². The predicted octanol–water partition coefficient (Wildman–Crippen LogP) is 2.39. The molecule has 4 nitrogen and oxygen atoms in total. The van der Waals surface area contributed by atoms with Crippen LogP contribution in [0.4, 0.5) is 5.69 Å². The summed E-state index contributed by atoms with van der Waals surface area (Å²) in [5.74, 6) is 0. The zero-order valence-corrected chi connectivity index (χ0v) is 12.8. The van der Waals surface area contributed by atoms with Crippen molar-refractivity contribution in [3.8, 4) is 0 Å². The molecule has 0 atom stereocenters. The fraction of sp³-hybridized carbons (Fsp3) is 0.286. The summed E-state index contributed by atoms with van der Waals surface area (Å²) in [5, 5.41) is 2.02. The van der Waals surface area contributed by atoms with Crippen LogP contribution in [0.2, 0.25) is 0 Å². The summed E-state index contributed by atoms with van der Waals surface area (Å²) >= 11 is 1.70. The zero-order valence-electron chi connectivity index (χ0n) is 11.2. The van der Waals surface area contributed by atoms with Gasteiger partial charge < -0.3 is 5.73 Å². The Hall–Kier alpha value is -1.37. The van der Waals surface area contributed by atoms with E-state index in [0.717, 1.165) is 17.5 Å². The minimum atomic E-state index is -3.44. The number of rotatable bonds is 2. The molecule has 0 bridgehead atoms. The van der Waals surface area contributed by atoms with Crippen molar-refractivity contribution in [3.63, 3.8) is 0 Å². The molecule has 6 heteroatoms. The quantitative estimate of drug-likeness (QED) is 0.866. The van der Waals surface area contributed by atoms with Gasteiger partial charge in [-0.15, -0.1) is 11.3 Å². The number of aryl methyl sites for hydroxylation is 1. The maximum Gasteiger partial charge on any atom is 0.243 e. The van der Waals surface area contributed by atoms with Crippen molar-refractivity contribution < 1.29 is 8.42 Å². The molecule has 2 aromatic rings. The average Bonchev–Trinajstić information content (AvgIpc) is 2.89. The normalized spacial score (nSPS) is 16.1. The second-order valence-corrected chi connectivity index (χ2v) is 7.91. The molecule has 2 N–H and O–H groups in total. The number of sulfonamides is 1. The van der Waals surface area contributed by atoms with E-state index >= 15 is 0 Å². The van der Waals surface area contributed by atoms with Gasteiger partial charge in [0, 0.05) is 23.7 Å². The number of benzene rings is 1. The summed E-state index contributed by atoms with van der Waals surface area (Å²) in [6.07, 6.45) is 0.792. The SMILES string of the molecule is Cc1cc(S(=O)(=O)N2CCc3sccc3C2)ccc1N. The maximum atomic E-state index is 12.7. The van der Waals surface area contributed by atoms with Gasteiger partial charge in [0.15, 0.2) is 0 Å². The van der Waals surface area contributed by atoms with Crippen molar-refractivity contribution in [1.29, 1.82) is 0 Å². The number of fused-ring (bicyclic) bond motifs is 1. The highest BCUT2D eigenvalue weighted by atomic mass is 32.2. The second-order valence-electron chi connectivity index (χ2n) is 4.98. The highest BCUT2D eigenvalue weighted by Gasteiger charge is 2.28. The third-order valence-electron chi connectivity index (χ3n) is 3.65. The summed E-state index contributed by atoms with van der Waals surface area (Å²) in [5.41, 5.74) is 8.28. The molecule has 1 aromatic heterocycles. The molecule has 0 aliphatic carbocycles. The van der Waals surface area contributed by atoms with Crippen LogP contribution in [0.1, 0.15) is 16.0 Å². The molecule has 1 aliphatic heterocycles. The topological polar surface area (TPSA) is 63.4 Å². The van der Waals surface area contributed by atoms with Crippen molar-refractivity contribution >= 4 is 27.0 Å². The Bertz CT molecular complexity index is 750. The molecule has 1 aromatic carbocycles. The fourth-order valence-electron chi connectivity index (χ4n) is 2.39. The first-order chi connectivity index (χ1) is 9.48. The second kappa shape index (κ2) is 4.87. The van der Waals surface area contributed by atoms with Crippen LogP contribution in [0, 0.1) is 6.92 Å². The molecule has 2 heterocycles. The smallest absolute Gasteiger partial charge is 0.243 e. The molecule has 20 heavy (non-hydrogen) atoms. The van der Waals surface area contributed by atoms with Gasteiger partial charge in [0.25, 0.3) is 0 Å². The van der Waals surface area contributed by atoms with Gasteiger partial charge in [-0.1, -0.05) is 0 Å². The van der Waals surface area contributed by atoms with Crippen LogP contribution in [0.25, 0.3) is 0 Å². The summed E-state index contributed by atoms with van der Waals surface area (Å²) in [6, 6.07) is 6.90. The molecule has 1 aliphatic rings. The van der Waals surface area contributed by atoms with Crippen LogP contribution in [0.5, 0.6) is 0 Å². The molecular formula is C14H16N2O2S2. The number of nitrogen functional groups attached to an aromatic ring is 1. The lowest BCUT2D eigenvalue weighted by Gasteiger charge is -2.26. The van der Waals surface area contributed by atoms with Crippen molar-refractivity contribution in [2.75, 3.05) is 12.3 Å². The highest BCUT2D eigenvalue weighted by Crippen LogP contribution is 2.28. The van der Waals surface area contributed by atoms with E-state index in [0.29, 0.717) is 23.7 Å².